The highest BCUT2D eigenvalue weighted by atomic mass is 32.1. The van der Waals surface area contributed by atoms with Crippen molar-refractivity contribution in [1.82, 2.24) is 4.57 Å². The summed E-state index contributed by atoms with van der Waals surface area (Å²) in [5, 5.41) is 21.8. The van der Waals surface area contributed by atoms with Gasteiger partial charge in [-0.1, -0.05) is 23.5 Å². The molecule has 0 N–H and O–H groups in total. The summed E-state index contributed by atoms with van der Waals surface area (Å²) in [5.74, 6) is -0.533. The molecule has 0 spiro atoms. The molecule has 0 saturated heterocycles. The lowest BCUT2D eigenvalue weighted by atomic mass is 10.2. The summed E-state index contributed by atoms with van der Waals surface area (Å²) in [6, 6.07) is 10.4. The second-order valence-electron chi connectivity index (χ2n) is 5.67. The molecule has 9 nitrogen and oxygen atoms in total. The number of hydrogen-bond acceptors (Lipinski definition) is 6. The van der Waals surface area contributed by atoms with Gasteiger partial charge in [0, 0.05) is 36.9 Å². The van der Waals surface area contributed by atoms with E-state index < -0.39 is 15.8 Å². The summed E-state index contributed by atoms with van der Waals surface area (Å²) < 4.78 is 2.51. The first-order valence-corrected chi connectivity index (χ1v) is 8.99. The van der Waals surface area contributed by atoms with Crippen molar-refractivity contribution in [2.45, 2.75) is 13.5 Å². The van der Waals surface area contributed by atoms with E-state index in [1.54, 1.807) is 16.7 Å². The number of thiazole rings is 1. The molecule has 28 heavy (non-hydrogen) atoms. The predicted molar refractivity (Wildman–Crippen MR) is 105 cm³/mol. The number of non-ortho nitro benzene ring substituents is 2. The highest BCUT2D eigenvalue weighted by Crippen LogP contribution is 2.23. The lowest BCUT2D eigenvalue weighted by molar-refractivity contribution is -0.385. The van der Waals surface area contributed by atoms with E-state index in [9.17, 15) is 25.0 Å². The van der Waals surface area contributed by atoms with Crippen LogP contribution in [0, 0.1) is 20.2 Å². The van der Waals surface area contributed by atoms with Gasteiger partial charge in [0.1, 0.15) is 0 Å². The number of aromatic nitrogens is 1. The van der Waals surface area contributed by atoms with Gasteiger partial charge < -0.3 is 4.57 Å². The third-order valence-electron chi connectivity index (χ3n) is 3.90. The van der Waals surface area contributed by atoms with Crippen molar-refractivity contribution < 1.29 is 14.6 Å². The van der Waals surface area contributed by atoms with Crippen LogP contribution in [0.5, 0.6) is 0 Å². The fourth-order valence-corrected chi connectivity index (χ4v) is 3.68. The number of benzene rings is 2. The molecule has 3 rings (SSSR count). The van der Waals surface area contributed by atoms with E-state index in [4.69, 9.17) is 0 Å². The number of nitrogens with zero attached hydrogens (tertiary/aromatic N) is 4. The minimum absolute atomic E-state index is 0.0315. The number of hydrogen-bond donors (Lipinski definition) is 0. The Morgan fingerprint density at radius 3 is 2.54 bits per heavy atom. The number of amides is 1. The fourth-order valence-electron chi connectivity index (χ4n) is 2.60. The largest absolute Gasteiger partial charge is 0.316 e. The Labute approximate surface area is 162 Å². The zero-order chi connectivity index (χ0) is 20.3. The molecule has 0 radical (unpaired) electrons. The smallest absolute Gasteiger partial charge is 0.272 e. The molecule has 142 valence electrons. The molecule has 1 heterocycles. The van der Waals surface area contributed by atoms with Crippen LogP contribution in [-0.2, 0) is 11.3 Å². The molecule has 0 bridgehead atoms. The highest BCUT2D eigenvalue weighted by Gasteiger charge is 2.12. The molecule has 0 unspecified atom stereocenters. The fraction of sp³-hybridized carbons (Fsp3) is 0.111. The monoisotopic (exact) mass is 398 g/mol. The van der Waals surface area contributed by atoms with Gasteiger partial charge >= 0.3 is 0 Å². The maximum absolute atomic E-state index is 12.2. The van der Waals surface area contributed by atoms with E-state index in [0.717, 1.165) is 4.70 Å². The lowest BCUT2D eigenvalue weighted by Crippen LogP contribution is -2.15. The summed E-state index contributed by atoms with van der Waals surface area (Å²) in [7, 11) is 0. The third-order valence-corrected chi connectivity index (χ3v) is 4.96. The van der Waals surface area contributed by atoms with Gasteiger partial charge in [-0.3, -0.25) is 25.0 Å². The minimum Gasteiger partial charge on any atom is -0.316 e. The SMILES string of the molecule is CCn1c(=NC(=O)C=Cc2cccc([N+](=O)[O-])c2)sc2ccc([N+](=O)[O-])cc21. The molecule has 1 aromatic heterocycles. The normalized spacial score (nSPS) is 12.0. The van der Waals surface area contributed by atoms with Gasteiger partial charge in [-0.15, -0.1) is 0 Å². The maximum Gasteiger partial charge on any atom is 0.272 e. The standard InChI is InChI=1S/C18H14N4O5S/c1-2-20-15-11-14(22(26)27)7-8-16(15)28-18(20)19-17(23)9-6-12-4-3-5-13(10-12)21(24)25/h3-11H,2H2,1H3. The van der Waals surface area contributed by atoms with Crippen LogP contribution in [0.15, 0.2) is 53.5 Å². The Bertz CT molecular complexity index is 1190. The molecule has 1 amide bonds. The van der Waals surface area contributed by atoms with Crippen molar-refractivity contribution in [2.24, 2.45) is 4.99 Å². The lowest BCUT2D eigenvalue weighted by Gasteiger charge is -1.99. The summed E-state index contributed by atoms with van der Waals surface area (Å²) >= 11 is 1.25. The minimum atomic E-state index is -0.533. The van der Waals surface area contributed by atoms with Gasteiger partial charge in [0.15, 0.2) is 4.80 Å². The number of nitro benzene ring substituents is 2. The molecule has 10 heteroatoms. The van der Waals surface area contributed by atoms with E-state index in [0.29, 0.717) is 22.4 Å². The van der Waals surface area contributed by atoms with Crippen molar-refractivity contribution in [3.8, 4) is 0 Å². The van der Waals surface area contributed by atoms with Gasteiger partial charge in [-0.05, 0) is 24.6 Å². The van der Waals surface area contributed by atoms with E-state index in [1.165, 1.54) is 53.8 Å². The number of aryl methyl sites for hydroxylation is 1. The van der Waals surface area contributed by atoms with E-state index in [1.807, 2.05) is 6.92 Å². The van der Waals surface area contributed by atoms with Crippen LogP contribution < -0.4 is 4.80 Å². The van der Waals surface area contributed by atoms with E-state index in [2.05, 4.69) is 4.99 Å². The van der Waals surface area contributed by atoms with Crippen LogP contribution in [0.1, 0.15) is 12.5 Å². The van der Waals surface area contributed by atoms with Crippen molar-refractivity contribution in [1.29, 1.82) is 0 Å². The first-order valence-electron chi connectivity index (χ1n) is 8.18. The van der Waals surface area contributed by atoms with Gasteiger partial charge in [0.2, 0.25) is 0 Å². The van der Waals surface area contributed by atoms with E-state index >= 15 is 0 Å². The molecule has 0 aliphatic heterocycles. The highest BCUT2D eigenvalue weighted by molar-refractivity contribution is 7.16. The van der Waals surface area contributed by atoms with Crippen LogP contribution in [-0.4, -0.2) is 20.3 Å². The van der Waals surface area contributed by atoms with Crippen molar-refractivity contribution in [3.63, 3.8) is 0 Å². The maximum atomic E-state index is 12.2. The molecule has 0 aliphatic rings. The van der Waals surface area contributed by atoms with Crippen LogP contribution in [0.4, 0.5) is 11.4 Å². The van der Waals surface area contributed by atoms with Gasteiger partial charge in [0.05, 0.1) is 20.1 Å². The second-order valence-corrected chi connectivity index (χ2v) is 6.68. The Kier molecular flexibility index (Phi) is 5.41. The van der Waals surface area contributed by atoms with E-state index in [-0.39, 0.29) is 11.4 Å². The molecule has 0 atom stereocenters. The Morgan fingerprint density at radius 2 is 1.86 bits per heavy atom. The molecule has 2 aromatic carbocycles. The number of nitro groups is 2. The Balaban J connectivity index is 1.95. The Morgan fingerprint density at radius 1 is 1.14 bits per heavy atom. The van der Waals surface area contributed by atoms with Crippen LogP contribution >= 0.6 is 11.3 Å². The predicted octanol–water partition coefficient (Wildman–Crippen LogP) is 3.68. The molecule has 0 saturated carbocycles. The van der Waals surface area contributed by atoms with Gasteiger partial charge in [-0.25, -0.2) is 0 Å². The summed E-state index contributed by atoms with van der Waals surface area (Å²) in [6.45, 7) is 2.34. The average Bonchev–Trinajstić information content (AvgIpc) is 3.02. The molecule has 3 aromatic rings. The number of carbonyl (C=O) groups is 1. The van der Waals surface area contributed by atoms with Crippen LogP contribution in [0.2, 0.25) is 0 Å². The molecule has 0 fully saturated rings. The van der Waals surface area contributed by atoms with Crippen LogP contribution in [0.3, 0.4) is 0 Å². The van der Waals surface area contributed by atoms with Gasteiger partial charge in [-0.2, -0.15) is 4.99 Å². The topological polar surface area (TPSA) is 121 Å². The van der Waals surface area contributed by atoms with Crippen LogP contribution in [0.25, 0.3) is 16.3 Å². The number of carbonyl (C=O) groups excluding carboxylic acids is 1. The van der Waals surface area contributed by atoms with Crippen molar-refractivity contribution in [3.05, 3.63) is 79.1 Å². The average molecular weight is 398 g/mol. The first kappa shape index (κ1) is 19.1. The zero-order valence-corrected chi connectivity index (χ0v) is 15.5. The number of fused-ring (bicyclic) bond motifs is 1. The van der Waals surface area contributed by atoms with Crippen molar-refractivity contribution in [2.75, 3.05) is 0 Å². The summed E-state index contributed by atoms with van der Waals surface area (Å²) in [6.07, 6.45) is 2.68. The Hall–Kier alpha value is -3.66. The molecular formula is C18H14N4O5S. The number of rotatable bonds is 5. The molecule has 0 aliphatic carbocycles. The van der Waals surface area contributed by atoms with Crippen molar-refractivity contribution >= 4 is 44.9 Å². The molecular weight excluding hydrogens is 384 g/mol. The summed E-state index contributed by atoms with van der Waals surface area (Å²) in [4.78, 5) is 37.5. The quantitative estimate of drug-likeness (QED) is 0.369. The second kappa shape index (κ2) is 7.92. The summed E-state index contributed by atoms with van der Waals surface area (Å²) in [5.41, 5.74) is 1.04. The first-order chi connectivity index (χ1) is 13.4. The van der Waals surface area contributed by atoms with Gasteiger partial charge in [0.25, 0.3) is 17.3 Å². The zero-order valence-electron chi connectivity index (χ0n) is 14.6. The third kappa shape index (κ3) is 4.01.